The molecule has 0 atom stereocenters. The number of ether oxygens (including phenoxy) is 1. The topological polar surface area (TPSA) is 54.1 Å². The second-order valence-electron chi connectivity index (χ2n) is 5.34. The molecule has 0 aromatic carbocycles. The Hall–Kier alpha value is -0.810. The average molecular weight is 254 g/mol. The van der Waals surface area contributed by atoms with Crippen molar-refractivity contribution in [2.75, 3.05) is 39.8 Å². The number of nitrogens with two attached hydrogens (primary N) is 1. The molecule has 2 rings (SSSR count). The predicted octanol–water partition coefficient (Wildman–Crippen LogP) is 0.506. The molecule has 1 saturated carbocycles. The van der Waals surface area contributed by atoms with Gasteiger partial charge in [-0.05, 0) is 25.9 Å². The van der Waals surface area contributed by atoms with E-state index in [9.17, 15) is 0 Å². The van der Waals surface area contributed by atoms with Crippen molar-refractivity contribution < 1.29 is 4.74 Å². The van der Waals surface area contributed by atoms with Gasteiger partial charge in [-0.15, -0.1) is 0 Å². The van der Waals surface area contributed by atoms with Crippen molar-refractivity contribution in [2.45, 2.75) is 38.3 Å². The molecule has 2 N–H and O–H groups in total. The quantitative estimate of drug-likeness (QED) is 0.750. The van der Waals surface area contributed by atoms with Crippen LogP contribution < -0.4 is 5.73 Å². The molecule has 5 nitrogen and oxygen atoms in total. The Labute approximate surface area is 110 Å². The summed E-state index contributed by atoms with van der Waals surface area (Å²) in [7, 11) is 1.79. The molecule has 104 valence electrons. The zero-order valence-electron chi connectivity index (χ0n) is 11.9. The molecule has 1 aliphatic carbocycles. The Morgan fingerprint density at radius 3 is 2.67 bits per heavy atom. The van der Waals surface area contributed by atoms with E-state index in [1.165, 1.54) is 0 Å². The van der Waals surface area contributed by atoms with Crippen molar-refractivity contribution in [3.8, 4) is 0 Å². The number of methoxy groups -OCH3 is 1. The van der Waals surface area contributed by atoms with E-state index in [-0.39, 0.29) is 5.54 Å². The summed E-state index contributed by atoms with van der Waals surface area (Å²) in [6, 6.07) is 0. The number of guanidine groups is 1. The van der Waals surface area contributed by atoms with E-state index < -0.39 is 0 Å². The molecule has 1 aliphatic heterocycles. The van der Waals surface area contributed by atoms with Gasteiger partial charge in [0.25, 0.3) is 0 Å². The fourth-order valence-corrected chi connectivity index (χ4v) is 3.08. The summed E-state index contributed by atoms with van der Waals surface area (Å²) in [5, 5.41) is 0. The molecule has 0 bridgehead atoms. The highest BCUT2D eigenvalue weighted by atomic mass is 16.5. The predicted molar refractivity (Wildman–Crippen MR) is 73.7 cm³/mol. The summed E-state index contributed by atoms with van der Waals surface area (Å²) < 4.78 is 5.40. The smallest absolute Gasteiger partial charge is 0.191 e. The van der Waals surface area contributed by atoms with Crippen LogP contribution in [-0.2, 0) is 4.74 Å². The number of hydrogen-bond acceptors (Lipinski definition) is 5. The van der Waals surface area contributed by atoms with Crippen molar-refractivity contribution in [1.82, 2.24) is 9.80 Å². The van der Waals surface area contributed by atoms with Crippen LogP contribution in [0.3, 0.4) is 0 Å². The zero-order valence-corrected chi connectivity index (χ0v) is 11.9. The first kappa shape index (κ1) is 13.6. The first-order chi connectivity index (χ1) is 8.65. The summed E-state index contributed by atoms with van der Waals surface area (Å²) in [5.41, 5.74) is 6.20. The standard InChI is InChI=1S/C13H26N4O/c1-4-16(5-2)6-7-17-12(14)15-10-13(17)8-11(9-13)18-3/h11H,4-10H2,1-3H3,(H2,14,15). The van der Waals surface area contributed by atoms with Gasteiger partial charge in [-0.25, -0.2) is 0 Å². The first-order valence-electron chi connectivity index (χ1n) is 6.98. The Morgan fingerprint density at radius 1 is 1.44 bits per heavy atom. The van der Waals surface area contributed by atoms with Crippen molar-refractivity contribution in [1.29, 1.82) is 0 Å². The van der Waals surface area contributed by atoms with E-state index in [0.29, 0.717) is 6.10 Å². The van der Waals surface area contributed by atoms with Crippen LogP contribution in [0.5, 0.6) is 0 Å². The van der Waals surface area contributed by atoms with E-state index in [4.69, 9.17) is 10.5 Å². The fourth-order valence-electron chi connectivity index (χ4n) is 3.08. The number of hydrogen-bond donors (Lipinski definition) is 1. The van der Waals surface area contributed by atoms with Gasteiger partial charge in [0.15, 0.2) is 5.96 Å². The molecule has 0 saturated heterocycles. The first-order valence-corrected chi connectivity index (χ1v) is 6.98. The second kappa shape index (κ2) is 5.45. The molecular weight excluding hydrogens is 228 g/mol. The molecule has 0 unspecified atom stereocenters. The molecule has 2 aliphatic rings. The highest BCUT2D eigenvalue weighted by Gasteiger charge is 2.52. The minimum atomic E-state index is 0.165. The number of likely N-dealkylation sites (N-methyl/N-ethyl adjacent to an activating group) is 1. The van der Waals surface area contributed by atoms with Gasteiger partial charge in [0.05, 0.1) is 18.2 Å². The van der Waals surface area contributed by atoms with Gasteiger partial charge in [-0.2, -0.15) is 0 Å². The number of rotatable bonds is 6. The monoisotopic (exact) mass is 254 g/mol. The highest BCUT2D eigenvalue weighted by molar-refractivity contribution is 5.81. The molecule has 18 heavy (non-hydrogen) atoms. The third kappa shape index (κ3) is 2.34. The summed E-state index contributed by atoms with van der Waals surface area (Å²) >= 11 is 0. The van der Waals surface area contributed by atoms with Gasteiger partial charge in [0.1, 0.15) is 0 Å². The minimum Gasteiger partial charge on any atom is -0.381 e. The third-order valence-electron chi connectivity index (χ3n) is 4.47. The molecule has 1 spiro atoms. The molecule has 1 heterocycles. The van der Waals surface area contributed by atoms with Crippen LogP contribution in [0.4, 0.5) is 0 Å². The highest BCUT2D eigenvalue weighted by Crippen LogP contribution is 2.42. The van der Waals surface area contributed by atoms with Crippen LogP contribution >= 0.6 is 0 Å². The molecule has 5 heteroatoms. The summed E-state index contributed by atoms with van der Waals surface area (Å²) in [5.74, 6) is 0.719. The fraction of sp³-hybridized carbons (Fsp3) is 0.923. The third-order valence-corrected chi connectivity index (χ3v) is 4.47. The number of nitrogens with zero attached hydrogens (tertiary/aromatic N) is 3. The van der Waals surface area contributed by atoms with Gasteiger partial charge in [0, 0.05) is 20.2 Å². The van der Waals surface area contributed by atoms with Crippen molar-refractivity contribution in [3.05, 3.63) is 0 Å². The number of aliphatic imine (C=N–C) groups is 1. The van der Waals surface area contributed by atoms with Crippen LogP contribution in [0.15, 0.2) is 4.99 Å². The van der Waals surface area contributed by atoms with Gasteiger partial charge in [-0.3, -0.25) is 4.99 Å². The molecule has 0 amide bonds. The maximum absolute atomic E-state index is 6.04. The lowest BCUT2D eigenvalue weighted by Gasteiger charge is -2.50. The van der Waals surface area contributed by atoms with E-state index in [2.05, 4.69) is 28.6 Å². The lowest BCUT2D eigenvalue weighted by Crippen LogP contribution is -2.62. The van der Waals surface area contributed by atoms with Crippen LogP contribution in [0.2, 0.25) is 0 Å². The van der Waals surface area contributed by atoms with E-state index in [0.717, 1.165) is 51.5 Å². The van der Waals surface area contributed by atoms with Crippen molar-refractivity contribution >= 4 is 5.96 Å². The molecule has 0 aromatic heterocycles. The van der Waals surface area contributed by atoms with Crippen LogP contribution in [0, 0.1) is 0 Å². The maximum atomic E-state index is 6.04. The Balaban J connectivity index is 1.90. The molecule has 1 fully saturated rings. The van der Waals surface area contributed by atoms with Gasteiger partial charge < -0.3 is 20.3 Å². The summed E-state index contributed by atoms with van der Waals surface area (Å²) in [4.78, 5) is 9.17. The van der Waals surface area contributed by atoms with Crippen LogP contribution in [0.25, 0.3) is 0 Å². The average Bonchev–Trinajstić information content (AvgIpc) is 2.66. The largest absolute Gasteiger partial charge is 0.381 e. The minimum absolute atomic E-state index is 0.165. The van der Waals surface area contributed by atoms with E-state index >= 15 is 0 Å². The Kier molecular flexibility index (Phi) is 4.12. The van der Waals surface area contributed by atoms with Crippen LogP contribution in [-0.4, -0.2) is 67.2 Å². The molecule has 0 radical (unpaired) electrons. The second-order valence-corrected chi connectivity index (χ2v) is 5.34. The maximum Gasteiger partial charge on any atom is 0.191 e. The molecular formula is C13H26N4O. The van der Waals surface area contributed by atoms with Crippen molar-refractivity contribution in [2.24, 2.45) is 10.7 Å². The van der Waals surface area contributed by atoms with Crippen LogP contribution in [0.1, 0.15) is 26.7 Å². The lowest BCUT2D eigenvalue weighted by molar-refractivity contribution is -0.0576. The zero-order chi connectivity index (χ0) is 13.2. The summed E-state index contributed by atoms with van der Waals surface area (Å²) in [6.07, 6.45) is 2.51. The normalized spacial score (nSPS) is 31.0. The van der Waals surface area contributed by atoms with E-state index in [1.807, 2.05) is 0 Å². The van der Waals surface area contributed by atoms with Gasteiger partial charge >= 0.3 is 0 Å². The SMILES string of the molecule is CCN(CC)CCN1C(N)=NCC12CC(OC)C2. The summed E-state index contributed by atoms with van der Waals surface area (Å²) in [6.45, 7) is 9.47. The van der Waals surface area contributed by atoms with Crippen molar-refractivity contribution in [3.63, 3.8) is 0 Å². The Morgan fingerprint density at radius 2 is 2.11 bits per heavy atom. The Bertz CT molecular complexity index is 308. The van der Waals surface area contributed by atoms with E-state index in [1.54, 1.807) is 7.11 Å². The lowest BCUT2D eigenvalue weighted by atomic mass is 9.73. The van der Waals surface area contributed by atoms with Gasteiger partial charge in [-0.1, -0.05) is 13.8 Å². The molecule has 0 aromatic rings. The van der Waals surface area contributed by atoms with Gasteiger partial charge in [0.2, 0.25) is 0 Å².